The van der Waals surface area contributed by atoms with Gasteiger partial charge in [0.2, 0.25) is 0 Å². The number of hydrogen-bond donors (Lipinski definition) is 0. The Morgan fingerprint density at radius 3 is 2.61 bits per heavy atom. The second-order valence-corrected chi connectivity index (χ2v) is 8.18. The Labute approximate surface area is 185 Å². The van der Waals surface area contributed by atoms with Crippen LogP contribution in [0.15, 0.2) is 54.7 Å². The molecule has 4 rings (SSSR count). The standard InChI is InChI=1S/C24H23N3O3S/c1-15-11-16(2)22-20(12-15)26-24(31-22)27(14-17-7-5-6-10-25-17)23(28)19-13-18(29-3)8-9-21(19)30-4/h5-13H,14H2,1-4H3. The summed E-state index contributed by atoms with van der Waals surface area (Å²) in [5.74, 6) is 0.831. The number of rotatable bonds is 6. The zero-order valence-electron chi connectivity index (χ0n) is 17.9. The molecular formula is C24H23N3O3S. The maximum Gasteiger partial charge on any atom is 0.264 e. The number of carbonyl (C=O) groups excluding carboxylic acids is 1. The summed E-state index contributed by atoms with van der Waals surface area (Å²) in [5, 5.41) is 0.615. The summed E-state index contributed by atoms with van der Waals surface area (Å²) in [6.45, 7) is 4.40. The third kappa shape index (κ3) is 4.22. The Morgan fingerprint density at radius 1 is 1.06 bits per heavy atom. The first kappa shape index (κ1) is 20.8. The van der Waals surface area contributed by atoms with Crippen LogP contribution < -0.4 is 14.4 Å². The van der Waals surface area contributed by atoms with Crippen LogP contribution >= 0.6 is 11.3 Å². The van der Waals surface area contributed by atoms with E-state index in [1.165, 1.54) is 11.3 Å². The van der Waals surface area contributed by atoms with E-state index in [4.69, 9.17) is 14.5 Å². The summed E-state index contributed by atoms with van der Waals surface area (Å²) in [7, 11) is 3.12. The number of amides is 1. The number of nitrogens with zero attached hydrogens (tertiary/aromatic N) is 3. The van der Waals surface area contributed by atoms with Crippen molar-refractivity contribution in [1.82, 2.24) is 9.97 Å². The summed E-state index contributed by atoms with van der Waals surface area (Å²) in [4.78, 5) is 24.6. The number of anilines is 1. The Morgan fingerprint density at radius 2 is 1.90 bits per heavy atom. The highest BCUT2D eigenvalue weighted by Gasteiger charge is 2.25. The summed E-state index contributed by atoms with van der Waals surface area (Å²) in [6.07, 6.45) is 1.72. The number of benzene rings is 2. The summed E-state index contributed by atoms with van der Waals surface area (Å²) in [6, 6.07) is 15.0. The molecular weight excluding hydrogens is 410 g/mol. The molecule has 7 heteroatoms. The number of ether oxygens (including phenoxy) is 2. The second kappa shape index (κ2) is 8.73. The smallest absolute Gasteiger partial charge is 0.264 e. The molecule has 0 saturated carbocycles. The Hall–Kier alpha value is -3.45. The molecule has 0 saturated heterocycles. The average Bonchev–Trinajstić information content (AvgIpc) is 3.21. The number of aryl methyl sites for hydroxylation is 2. The van der Waals surface area contributed by atoms with E-state index < -0.39 is 0 Å². The van der Waals surface area contributed by atoms with Crippen molar-refractivity contribution in [3.63, 3.8) is 0 Å². The van der Waals surface area contributed by atoms with Crippen LogP contribution in [-0.2, 0) is 6.54 Å². The van der Waals surface area contributed by atoms with Gasteiger partial charge in [-0.1, -0.05) is 23.5 Å². The molecule has 0 spiro atoms. The minimum absolute atomic E-state index is 0.227. The Bertz CT molecular complexity index is 1240. The lowest BCUT2D eigenvalue weighted by atomic mass is 10.1. The Kier molecular flexibility index (Phi) is 5.86. The molecule has 1 amide bonds. The van der Waals surface area contributed by atoms with E-state index >= 15 is 0 Å². The van der Waals surface area contributed by atoms with Crippen LogP contribution in [-0.4, -0.2) is 30.1 Å². The molecule has 0 atom stereocenters. The number of fused-ring (bicyclic) bond motifs is 1. The van der Waals surface area contributed by atoms with Gasteiger partial charge in [0.15, 0.2) is 5.13 Å². The maximum atomic E-state index is 13.8. The molecule has 0 radical (unpaired) electrons. The van der Waals surface area contributed by atoms with Gasteiger partial charge in [-0.15, -0.1) is 0 Å². The molecule has 0 unspecified atom stereocenters. The highest BCUT2D eigenvalue weighted by atomic mass is 32.1. The van der Waals surface area contributed by atoms with Crippen molar-refractivity contribution in [2.45, 2.75) is 20.4 Å². The van der Waals surface area contributed by atoms with E-state index in [1.54, 1.807) is 43.5 Å². The normalized spacial score (nSPS) is 10.8. The lowest BCUT2D eigenvalue weighted by molar-refractivity contribution is 0.0981. The molecule has 2 aromatic heterocycles. The van der Waals surface area contributed by atoms with Gasteiger partial charge >= 0.3 is 0 Å². The molecule has 158 valence electrons. The fourth-order valence-electron chi connectivity index (χ4n) is 3.49. The van der Waals surface area contributed by atoms with Crippen LogP contribution in [0.4, 0.5) is 5.13 Å². The minimum atomic E-state index is -0.227. The average molecular weight is 434 g/mol. The summed E-state index contributed by atoms with van der Waals surface area (Å²) in [5.41, 5.74) is 4.34. The van der Waals surface area contributed by atoms with E-state index in [2.05, 4.69) is 18.0 Å². The van der Waals surface area contributed by atoms with Crippen LogP contribution in [0, 0.1) is 13.8 Å². The van der Waals surface area contributed by atoms with Crippen molar-refractivity contribution >= 4 is 32.6 Å². The third-order valence-corrected chi connectivity index (χ3v) is 6.20. The van der Waals surface area contributed by atoms with Crippen molar-refractivity contribution in [2.75, 3.05) is 19.1 Å². The van der Waals surface area contributed by atoms with Crippen LogP contribution in [0.2, 0.25) is 0 Å². The summed E-state index contributed by atoms with van der Waals surface area (Å²) < 4.78 is 11.9. The van der Waals surface area contributed by atoms with E-state index in [0.717, 1.165) is 27.0 Å². The first-order chi connectivity index (χ1) is 15.0. The quantitative estimate of drug-likeness (QED) is 0.420. The van der Waals surface area contributed by atoms with Gasteiger partial charge in [-0.3, -0.25) is 14.7 Å². The fourth-order valence-corrected chi connectivity index (χ4v) is 4.50. The number of pyridine rings is 1. The van der Waals surface area contributed by atoms with Gasteiger partial charge in [0.05, 0.1) is 42.2 Å². The van der Waals surface area contributed by atoms with Crippen LogP contribution in [0.3, 0.4) is 0 Å². The third-order valence-electron chi connectivity index (χ3n) is 4.97. The van der Waals surface area contributed by atoms with E-state index in [-0.39, 0.29) is 12.5 Å². The number of hydrogen-bond acceptors (Lipinski definition) is 6. The molecule has 31 heavy (non-hydrogen) atoms. The second-order valence-electron chi connectivity index (χ2n) is 7.21. The van der Waals surface area contributed by atoms with Gasteiger partial charge in [0, 0.05) is 6.20 Å². The number of thiazole rings is 1. The topological polar surface area (TPSA) is 64.6 Å². The molecule has 0 aliphatic rings. The van der Waals surface area contributed by atoms with Crippen molar-refractivity contribution < 1.29 is 14.3 Å². The van der Waals surface area contributed by atoms with Crippen molar-refractivity contribution in [3.8, 4) is 11.5 Å². The molecule has 0 aliphatic carbocycles. The fraction of sp³-hybridized carbons (Fsp3) is 0.208. The highest BCUT2D eigenvalue weighted by molar-refractivity contribution is 7.22. The van der Waals surface area contributed by atoms with Crippen LogP contribution in [0.25, 0.3) is 10.2 Å². The molecule has 6 nitrogen and oxygen atoms in total. The largest absolute Gasteiger partial charge is 0.497 e. The van der Waals surface area contributed by atoms with Crippen molar-refractivity contribution in [3.05, 3.63) is 77.1 Å². The van der Waals surface area contributed by atoms with Gasteiger partial charge in [-0.25, -0.2) is 4.98 Å². The van der Waals surface area contributed by atoms with Gasteiger partial charge in [0.1, 0.15) is 11.5 Å². The van der Waals surface area contributed by atoms with E-state index in [0.29, 0.717) is 22.2 Å². The molecule has 0 aliphatic heterocycles. The SMILES string of the molecule is COc1ccc(OC)c(C(=O)N(Cc2ccccn2)c2nc3cc(C)cc(C)c3s2)c1. The zero-order chi connectivity index (χ0) is 22.0. The molecule has 4 aromatic rings. The van der Waals surface area contributed by atoms with Crippen LogP contribution in [0.5, 0.6) is 11.5 Å². The van der Waals surface area contributed by atoms with Gasteiger partial charge < -0.3 is 9.47 Å². The predicted octanol–water partition coefficient (Wildman–Crippen LogP) is 5.17. The van der Waals surface area contributed by atoms with Gasteiger partial charge in [-0.05, 0) is 61.4 Å². The van der Waals surface area contributed by atoms with Gasteiger partial charge in [0.25, 0.3) is 5.91 Å². The minimum Gasteiger partial charge on any atom is -0.497 e. The zero-order valence-corrected chi connectivity index (χ0v) is 18.7. The van der Waals surface area contributed by atoms with Gasteiger partial charge in [-0.2, -0.15) is 0 Å². The monoisotopic (exact) mass is 433 g/mol. The van der Waals surface area contributed by atoms with Crippen LogP contribution in [0.1, 0.15) is 27.2 Å². The predicted molar refractivity (Wildman–Crippen MR) is 123 cm³/mol. The number of carbonyl (C=O) groups is 1. The maximum absolute atomic E-state index is 13.8. The lowest BCUT2D eigenvalue weighted by Gasteiger charge is -2.21. The lowest BCUT2D eigenvalue weighted by Crippen LogP contribution is -2.31. The molecule has 2 heterocycles. The first-order valence-corrected chi connectivity index (χ1v) is 10.6. The summed E-state index contributed by atoms with van der Waals surface area (Å²) >= 11 is 1.50. The number of aromatic nitrogens is 2. The van der Waals surface area contributed by atoms with E-state index in [9.17, 15) is 4.79 Å². The first-order valence-electron chi connectivity index (χ1n) is 9.81. The highest BCUT2D eigenvalue weighted by Crippen LogP contribution is 2.35. The Balaban J connectivity index is 1.84. The molecule has 2 aromatic carbocycles. The van der Waals surface area contributed by atoms with Crippen molar-refractivity contribution in [2.24, 2.45) is 0 Å². The molecule has 0 fully saturated rings. The van der Waals surface area contributed by atoms with E-state index in [1.807, 2.05) is 31.2 Å². The van der Waals surface area contributed by atoms with Crippen molar-refractivity contribution in [1.29, 1.82) is 0 Å². The molecule has 0 bridgehead atoms. The molecule has 0 N–H and O–H groups in total. The number of methoxy groups -OCH3 is 2.